The van der Waals surface area contributed by atoms with Gasteiger partial charge in [0.2, 0.25) is 5.91 Å². The van der Waals surface area contributed by atoms with Crippen LogP contribution < -0.4 is 5.32 Å². The second-order valence-electron chi connectivity index (χ2n) is 8.12. The van der Waals surface area contributed by atoms with E-state index in [0.717, 1.165) is 4.90 Å². The first-order valence-electron chi connectivity index (χ1n) is 11.6. The zero-order chi connectivity index (χ0) is 29.0. The van der Waals surface area contributed by atoms with Crippen LogP contribution in [0.1, 0.15) is 33.4 Å². The molecule has 206 valence electrons. The molecule has 1 fully saturated rings. The third-order valence-corrected chi connectivity index (χ3v) is 7.04. The van der Waals surface area contributed by atoms with Crippen LogP contribution in [0, 0.1) is 0 Å². The molecule has 0 bridgehead atoms. The van der Waals surface area contributed by atoms with Crippen LogP contribution in [0.3, 0.4) is 0 Å². The van der Waals surface area contributed by atoms with Gasteiger partial charge in [0.05, 0.1) is 39.8 Å². The summed E-state index contributed by atoms with van der Waals surface area (Å²) in [5.74, 6) is -1.94. The van der Waals surface area contributed by atoms with Crippen LogP contribution in [0.25, 0.3) is 17.4 Å². The summed E-state index contributed by atoms with van der Waals surface area (Å²) in [4.78, 5) is 62.8. The molecular weight excluding hydrogens is 583 g/mol. The fourth-order valence-corrected chi connectivity index (χ4v) is 4.82. The number of imide groups is 1. The number of nitrogens with zero attached hydrogens (tertiary/aromatic N) is 1. The van der Waals surface area contributed by atoms with E-state index in [9.17, 15) is 24.0 Å². The molecule has 1 aromatic heterocycles. The lowest BCUT2D eigenvalue weighted by atomic mass is 10.1. The molecule has 1 aliphatic rings. The predicted molar refractivity (Wildman–Crippen MR) is 149 cm³/mol. The number of rotatable bonds is 8. The van der Waals surface area contributed by atoms with Crippen LogP contribution in [0.2, 0.25) is 10.0 Å². The molecule has 40 heavy (non-hydrogen) atoms. The van der Waals surface area contributed by atoms with Crippen molar-refractivity contribution in [3.8, 4) is 11.3 Å². The summed E-state index contributed by atoms with van der Waals surface area (Å²) in [5, 5.41) is 2.27. The molecule has 3 amide bonds. The molecule has 2 heterocycles. The topological polar surface area (TPSA) is 132 Å². The number of esters is 2. The van der Waals surface area contributed by atoms with Gasteiger partial charge in [-0.05, 0) is 67.2 Å². The molecule has 0 spiro atoms. The van der Waals surface area contributed by atoms with Crippen molar-refractivity contribution in [2.75, 3.05) is 25.6 Å². The summed E-state index contributed by atoms with van der Waals surface area (Å²) >= 11 is 12.8. The van der Waals surface area contributed by atoms with Gasteiger partial charge in [-0.25, -0.2) is 9.59 Å². The smallest absolute Gasteiger partial charge is 0.339 e. The molecule has 1 N–H and O–H groups in total. The van der Waals surface area contributed by atoms with E-state index in [0.29, 0.717) is 23.1 Å². The number of furan rings is 1. The number of carbonyl (C=O) groups is 5. The first-order valence-corrected chi connectivity index (χ1v) is 13.2. The molecule has 1 saturated heterocycles. The number of methoxy groups -OCH3 is 1. The van der Waals surface area contributed by atoms with Crippen molar-refractivity contribution in [3.05, 3.63) is 80.4 Å². The predicted octanol–water partition coefficient (Wildman–Crippen LogP) is 5.89. The maximum atomic E-state index is 12.9. The maximum Gasteiger partial charge on any atom is 0.339 e. The van der Waals surface area contributed by atoms with Gasteiger partial charge < -0.3 is 19.2 Å². The maximum absolute atomic E-state index is 12.9. The fourth-order valence-electron chi connectivity index (χ4n) is 3.61. The molecule has 0 radical (unpaired) electrons. The van der Waals surface area contributed by atoms with Gasteiger partial charge in [0.1, 0.15) is 18.1 Å². The summed E-state index contributed by atoms with van der Waals surface area (Å²) < 4.78 is 15.5. The van der Waals surface area contributed by atoms with Gasteiger partial charge in [-0.3, -0.25) is 19.3 Å². The number of anilines is 1. The summed E-state index contributed by atoms with van der Waals surface area (Å²) in [5.41, 5.74) is 1.01. The highest BCUT2D eigenvalue weighted by Gasteiger charge is 2.36. The average Bonchev–Trinajstić information content (AvgIpc) is 3.49. The Balaban J connectivity index is 1.45. The molecule has 0 aliphatic carbocycles. The first-order chi connectivity index (χ1) is 19.1. The zero-order valence-corrected chi connectivity index (χ0v) is 23.3. The standard InChI is InChI=1S/C27H20Cl2N2O8S/c1-3-38-26(35)18-11-15(5-8-20(18)29)30-23(32)13-31-24(33)22(40-27(31)36)12-16-6-9-21(39-16)14-4-7-19(28)17(10-14)25(34)37-2/h4-12H,3,13H2,1-2H3,(H,30,32)/b22-12+. The number of halogens is 2. The number of thioether (sulfide) groups is 1. The Morgan fingerprint density at radius 3 is 2.40 bits per heavy atom. The Morgan fingerprint density at radius 1 is 1.00 bits per heavy atom. The molecule has 10 nitrogen and oxygen atoms in total. The quantitative estimate of drug-likeness (QED) is 0.247. The average molecular weight is 603 g/mol. The van der Waals surface area contributed by atoms with Crippen molar-refractivity contribution < 1.29 is 37.9 Å². The number of hydrogen-bond donors (Lipinski definition) is 1. The second-order valence-corrected chi connectivity index (χ2v) is 9.93. The number of benzene rings is 2. The van der Waals surface area contributed by atoms with E-state index in [-0.39, 0.29) is 44.1 Å². The van der Waals surface area contributed by atoms with Crippen molar-refractivity contribution >= 4 is 75.7 Å². The van der Waals surface area contributed by atoms with E-state index in [2.05, 4.69) is 5.32 Å². The molecule has 0 atom stereocenters. The van der Waals surface area contributed by atoms with Crippen LogP contribution in [0.5, 0.6) is 0 Å². The number of nitrogens with one attached hydrogen (secondary N) is 1. The molecule has 13 heteroatoms. The second kappa shape index (κ2) is 12.4. The van der Waals surface area contributed by atoms with Crippen molar-refractivity contribution in [2.45, 2.75) is 6.92 Å². The van der Waals surface area contributed by atoms with Crippen molar-refractivity contribution in [3.63, 3.8) is 0 Å². The normalized spacial score (nSPS) is 14.0. The summed E-state index contributed by atoms with van der Waals surface area (Å²) in [6.45, 7) is 1.24. The van der Waals surface area contributed by atoms with Gasteiger partial charge in [0.25, 0.3) is 11.1 Å². The number of amides is 3. The Hall–Kier alpha value is -4.06. The Bertz CT molecular complexity index is 1570. The van der Waals surface area contributed by atoms with Crippen LogP contribution >= 0.6 is 35.0 Å². The van der Waals surface area contributed by atoms with Gasteiger partial charge in [0, 0.05) is 17.3 Å². The Labute approximate surface area is 242 Å². The largest absolute Gasteiger partial charge is 0.465 e. The van der Waals surface area contributed by atoms with E-state index in [1.807, 2.05) is 0 Å². The van der Waals surface area contributed by atoms with Gasteiger partial charge >= 0.3 is 11.9 Å². The molecule has 1 aliphatic heterocycles. The lowest BCUT2D eigenvalue weighted by molar-refractivity contribution is -0.127. The molecule has 3 aromatic rings. The summed E-state index contributed by atoms with van der Waals surface area (Å²) in [6, 6.07) is 12.2. The van der Waals surface area contributed by atoms with E-state index in [4.69, 9.17) is 37.1 Å². The molecular formula is C27H20Cl2N2O8S. The van der Waals surface area contributed by atoms with Crippen LogP contribution in [-0.2, 0) is 19.1 Å². The molecule has 0 unspecified atom stereocenters. The van der Waals surface area contributed by atoms with Gasteiger partial charge in [-0.2, -0.15) is 0 Å². The third-order valence-electron chi connectivity index (χ3n) is 5.48. The lowest BCUT2D eigenvalue weighted by Crippen LogP contribution is -2.36. The highest BCUT2D eigenvalue weighted by Crippen LogP contribution is 2.34. The molecule has 4 rings (SSSR count). The van der Waals surface area contributed by atoms with Gasteiger partial charge in [-0.1, -0.05) is 23.2 Å². The van der Waals surface area contributed by atoms with Crippen LogP contribution in [-0.4, -0.2) is 54.2 Å². The highest BCUT2D eigenvalue weighted by atomic mass is 35.5. The third kappa shape index (κ3) is 6.39. The van der Waals surface area contributed by atoms with E-state index >= 15 is 0 Å². The van der Waals surface area contributed by atoms with Crippen molar-refractivity contribution in [1.82, 2.24) is 4.90 Å². The minimum Gasteiger partial charge on any atom is -0.465 e. The zero-order valence-electron chi connectivity index (χ0n) is 21.0. The molecule has 2 aromatic carbocycles. The minimum absolute atomic E-state index is 0.0566. The number of ether oxygens (including phenoxy) is 2. The Morgan fingerprint density at radius 2 is 1.70 bits per heavy atom. The number of hydrogen-bond acceptors (Lipinski definition) is 9. The van der Waals surface area contributed by atoms with Crippen LogP contribution in [0.4, 0.5) is 10.5 Å². The van der Waals surface area contributed by atoms with Crippen LogP contribution in [0.15, 0.2) is 57.9 Å². The summed E-state index contributed by atoms with van der Waals surface area (Å²) in [6.07, 6.45) is 1.38. The SMILES string of the molecule is CCOC(=O)c1cc(NC(=O)CN2C(=O)S/C(=C/c3ccc(-c4ccc(Cl)c(C(=O)OC)c4)o3)C2=O)ccc1Cl. The number of carbonyl (C=O) groups excluding carboxylic acids is 5. The first kappa shape index (κ1) is 28.9. The van der Waals surface area contributed by atoms with E-state index in [1.54, 1.807) is 25.1 Å². The monoisotopic (exact) mass is 602 g/mol. The summed E-state index contributed by atoms with van der Waals surface area (Å²) in [7, 11) is 1.24. The van der Waals surface area contributed by atoms with E-state index in [1.165, 1.54) is 43.5 Å². The minimum atomic E-state index is -0.675. The van der Waals surface area contributed by atoms with Crippen molar-refractivity contribution in [2.24, 2.45) is 0 Å². The van der Waals surface area contributed by atoms with Gasteiger partial charge in [0.15, 0.2) is 0 Å². The Kier molecular flexibility index (Phi) is 8.98. The highest BCUT2D eigenvalue weighted by molar-refractivity contribution is 8.18. The molecule has 0 saturated carbocycles. The van der Waals surface area contributed by atoms with E-state index < -0.39 is 35.5 Å². The van der Waals surface area contributed by atoms with Crippen molar-refractivity contribution in [1.29, 1.82) is 0 Å². The fraction of sp³-hybridized carbons (Fsp3) is 0.148. The lowest BCUT2D eigenvalue weighted by Gasteiger charge is -2.13. The van der Waals surface area contributed by atoms with Gasteiger partial charge in [-0.15, -0.1) is 0 Å².